The van der Waals surface area contributed by atoms with Crippen LogP contribution in [0.5, 0.6) is 0 Å². The predicted molar refractivity (Wildman–Crippen MR) is 84.2 cm³/mol. The first-order valence-corrected chi connectivity index (χ1v) is 7.82. The summed E-state index contributed by atoms with van der Waals surface area (Å²) in [6.45, 7) is 10.6. The van der Waals surface area contributed by atoms with Gasteiger partial charge in [-0.15, -0.1) is 0 Å². The van der Waals surface area contributed by atoms with Crippen LogP contribution in [0.4, 0.5) is 4.39 Å². The van der Waals surface area contributed by atoms with E-state index in [9.17, 15) is 4.39 Å². The molecule has 20 heavy (non-hydrogen) atoms. The van der Waals surface area contributed by atoms with Crippen molar-refractivity contribution in [3.63, 3.8) is 0 Å². The number of nitrogens with zero attached hydrogens (tertiary/aromatic N) is 1. The van der Waals surface area contributed by atoms with Crippen molar-refractivity contribution < 1.29 is 4.39 Å². The van der Waals surface area contributed by atoms with E-state index in [1.807, 2.05) is 12.1 Å². The SMILES string of the molecule is CCCC(N)(c1ccc(F)cc1)C(CC)N(CC)CC. The molecule has 2 unspecified atom stereocenters. The normalized spacial score (nSPS) is 16.1. The first-order valence-electron chi connectivity index (χ1n) is 7.82. The second-order valence-corrected chi connectivity index (χ2v) is 5.44. The van der Waals surface area contributed by atoms with Crippen molar-refractivity contribution in [1.29, 1.82) is 0 Å². The van der Waals surface area contributed by atoms with Crippen molar-refractivity contribution >= 4 is 0 Å². The van der Waals surface area contributed by atoms with Gasteiger partial charge in [0, 0.05) is 6.04 Å². The number of hydrogen-bond acceptors (Lipinski definition) is 2. The molecule has 1 aromatic rings. The van der Waals surface area contributed by atoms with Gasteiger partial charge in [0.25, 0.3) is 0 Å². The van der Waals surface area contributed by atoms with Gasteiger partial charge in [-0.2, -0.15) is 0 Å². The summed E-state index contributed by atoms with van der Waals surface area (Å²) in [7, 11) is 0. The van der Waals surface area contributed by atoms with Crippen LogP contribution < -0.4 is 5.73 Å². The van der Waals surface area contributed by atoms with E-state index in [0.29, 0.717) is 0 Å². The zero-order valence-electron chi connectivity index (χ0n) is 13.3. The molecule has 0 amide bonds. The molecule has 0 fully saturated rings. The molecule has 0 aliphatic rings. The molecule has 0 saturated heterocycles. The summed E-state index contributed by atoms with van der Waals surface area (Å²) in [5.41, 5.74) is 7.45. The second-order valence-electron chi connectivity index (χ2n) is 5.44. The molecular formula is C17H29FN2. The van der Waals surface area contributed by atoms with Crippen molar-refractivity contribution in [2.45, 2.75) is 58.5 Å². The molecule has 114 valence electrons. The zero-order valence-corrected chi connectivity index (χ0v) is 13.3. The third-order valence-electron chi connectivity index (χ3n) is 4.28. The highest BCUT2D eigenvalue weighted by atomic mass is 19.1. The molecule has 3 heteroatoms. The Bertz CT molecular complexity index is 386. The maximum absolute atomic E-state index is 13.2. The summed E-state index contributed by atoms with van der Waals surface area (Å²) < 4.78 is 13.2. The second kappa shape index (κ2) is 7.75. The van der Waals surface area contributed by atoms with Crippen LogP contribution in [0.3, 0.4) is 0 Å². The summed E-state index contributed by atoms with van der Waals surface area (Å²) in [5, 5.41) is 0. The Morgan fingerprint density at radius 3 is 2.05 bits per heavy atom. The van der Waals surface area contributed by atoms with Gasteiger partial charge >= 0.3 is 0 Å². The van der Waals surface area contributed by atoms with Gasteiger partial charge in [0.15, 0.2) is 0 Å². The van der Waals surface area contributed by atoms with Crippen molar-refractivity contribution in [3.05, 3.63) is 35.6 Å². The summed E-state index contributed by atoms with van der Waals surface area (Å²) in [5.74, 6) is -0.205. The topological polar surface area (TPSA) is 29.3 Å². The monoisotopic (exact) mass is 280 g/mol. The average molecular weight is 280 g/mol. The lowest BCUT2D eigenvalue weighted by Gasteiger charge is -2.43. The number of hydrogen-bond donors (Lipinski definition) is 1. The Kier molecular flexibility index (Phi) is 6.63. The van der Waals surface area contributed by atoms with Crippen molar-refractivity contribution in [1.82, 2.24) is 4.90 Å². The van der Waals surface area contributed by atoms with E-state index in [1.165, 1.54) is 12.1 Å². The Labute approximate surface area is 123 Å². The Hall–Kier alpha value is -0.930. The van der Waals surface area contributed by atoms with Crippen LogP contribution >= 0.6 is 0 Å². The Morgan fingerprint density at radius 2 is 1.65 bits per heavy atom. The molecule has 0 saturated carbocycles. The van der Waals surface area contributed by atoms with Gasteiger partial charge in [0.05, 0.1) is 5.54 Å². The van der Waals surface area contributed by atoms with Crippen molar-refractivity contribution in [2.75, 3.05) is 13.1 Å². The highest BCUT2D eigenvalue weighted by Gasteiger charge is 2.37. The van der Waals surface area contributed by atoms with Crippen LogP contribution in [-0.4, -0.2) is 24.0 Å². The van der Waals surface area contributed by atoms with Crippen LogP contribution in [-0.2, 0) is 5.54 Å². The molecule has 0 aliphatic heterocycles. The number of rotatable bonds is 8. The molecule has 0 spiro atoms. The zero-order chi connectivity index (χ0) is 15.2. The largest absolute Gasteiger partial charge is 0.320 e. The number of benzene rings is 1. The van der Waals surface area contributed by atoms with Crippen LogP contribution in [0.25, 0.3) is 0 Å². The molecule has 1 aromatic carbocycles. The third-order valence-corrected chi connectivity index (χ3v) is 4.28. The molecule has 0 radical (unpaired) electrons. The highest BCUT2D eigenvalue weighted by Crippen LogP contribution is 2.32. The van der Waals surface area contributed by atoms with E-state index in [-0.39, 0.29) is 11.9 Å². The fourth-order valence-corrected chi connectivity index (χ4v) is 3.29. The highest BCUT2D eigenvalue weighted by molar-refractivity contribution is 5.27. The Morgan fingerprint density at radius 1 is 1.10 bits per heavy atom. The van der Waals surface area contributed by atoms with Crippen molar-refractivity contribution in [3.8, 4) is 0 Å². The maximum atomic E-state index is 13.2. The lowest BCUT2D eigenvalue weighted by atomic mass is 9.78. The predicted octanol–water partition coefficient (Wildman–Crippen LogP) is 3.90. The number of nitrogens with two attached hydrogens (primary N) is 1. The van der Waals surface area contributed by atoms with Gasteiger partial charge in [0.2, 0.25) is 0 Å². The van der Waals surface area contributed by atoms with Gasteiger partial charge < -0.3 is 5.73 Å². The van der Waals surface area contributed by atoms with E-state index in [4.69, 9.17) is 5.73 Å². The first kappa shape index (κ1) is 17.1. The minimum atomic E-state index is -0.413. The number of halogens is 1. The van der Waals surface area contributed by atoms with Gasteiger partial charge in [-0.05, 0) is 43.6 Å². The smallest absolute Gasteiger partial charge is 0.123 e. The molecule has 2 nitrogen and oxygen atoms in total. The number of likely N-dealkylation sites (N-methyl/N-ethyl adjacent to an activating group) is 1. The summed E-state index contributed by atoms with van der Waals surface area (Å²) in [6.07, 6.45) is 2.93. The van der Waals surface area contributed by atoms with E-state index >= 15 is 0 Å². The van der Waals surface area contributed by atoms with Crippen molar-refractivity contribution in [2.24, 2.45) is 5.73 Å². The summed E-state index contributed by atoms with van der Waals surface area (Å²) in [4.78, 5) is 2.42. The van der Waals surface area contributed by atoms with Gasteiger partial charge in [0.1, 0.15) is 5.82 Å². The molecule has 0 aliphatic carbocycles. The molecule has 2 atom stereocenters. The maximum Gasteiger partial charge on any atom is 0.123 e. The lowest BCUT2D eigenvalue weighted by molar-refractivity contribution is 0.117. The van der Waals surface area contributed by atoms with Crippen LogP contribution in [0, 0.1) is 5.82 Å². The van der Waals surface area contributed by atoms with E-state index in [2.05, 4.69) is 32.6 Å². The van der Waals surface area contributed by atoms with E-state index in [1.54, 1.807) is 0 Å². The Balaban J connectivity index is 3.20. The summed E-state index contributed by atoms with van der Waals surface area (Å²) >= 11 is 0. The van der Waals surface area contributed by atoms with Gasteiger partial charge in [-0.3, -0.25) is 4.90 Å². The standard InChI is InChI=1S/C17H29FN2/c1-5-13-17(19,14-9-11-15(18)12-10-14)16(6-2)20(7-3)8-4/h9-12,16H,5-8,13,19H2,1-4H3. The molecule has 0 aromatic heterocycles. The fraction of sp³-hybridized carbons (Fsp3) is 0.647. The molecule has 0 heterocycles. The lowest BCUT2D eigenvalue weighted by Crippen LogP contribution is -2.56. The average Bonchev–Trinajstić information content (AvgIpc) is 2.45. The molecule has 0 bridgehead atoms. The summed E-state index contributed by atoms with van der Waals surface area (Å²) in [6, 6.07) is 7.00. The van der Waals surface area contributed by atoms with E-state index < -0.39 is 5.54 Å². The van der Waals surface area contributed by atoms with E-state index in [0.717, 1.165) is 37.9 Å². The van der Waals surface area contributed by atoms with Gasteiger partial charge in [-0.1, -0.05) is 46.2 Å². The van der Waals surface area contributed by atoms with Gasteiger partial charge in [-0.25, -0.2) is 4.39 Å². The quantitative estimate of drug-likeness (QED) is 0.782. The third kappa shape index (κ3) is 3.58. The molecule has 1 rings (SSSR count). The molecular weight excluding hydrogens is 251 g/mol. The van der Waals surface area contributed by atoms with Crippen LogP contribution in [0.2, 0.25) is 0 Å². The van der Waals surface area contributed by atoms with Crippen LogP contribution in [0.15, 0.2) is 24.3 Å². The molecule has 2 N–H and O–H groups in total. The minimum absolute atomic E-state index is 0.205. The van der Waals surface area contributed by atoms with Crippen LogP contribution in [0.1, 0.15) is 52.5 Å². The fourth-order valence-electron chi connectivity index (χ4n) is 3.29. The first-order chi connectivity index (χ1) is 9.53. The minimum Gasteiger partial charge on any atom is -0.320 e.